The number of para-hydroxylation sites is 1. The van der Waals surface area contributed by atoms with E-state index in [0.717, 1.165) is 19.1 Å². The lowest BCUT2D eigenvalue weighted by atomic mass is 10.1. The van der Waals surface area contributed by atoms with Crippen LogP contribution >= 0.6 is 0 Å². The largest absolute Gasteiger partial charge is 0.347 e. The Morgan fingerprint density at radius 2 is 2.24 bits per heavy atom. The maximum Gasteiger partial charge on any atom is 0.0480 e. The predicted molar refractivity (Wildman–Crippen MR) is 89.7 cm³/mol. The maximum atomic E-state index is 3.67. The molecule has 0 radical (unpaired) electrons. The Hall–Kier alpha value is -1.32. The summed E-state index contributed by atoms with van der Waals surface area (Å²) in [5, 5.41) is 8.58. The van der Waals surface area contributed by atoms with Crippen molar-refractivity contribution in [3.8, 4) is 0 Å². The van der Waals surface area contributed by atoms with E-state index in [9.17, 15) is 0 Å². The lowest BCUT2D eigenvalue weighted by Gasteiger charge is -2.18. The minimum Gasteiger partial charge on any atom is -0.347 e. The molecule has 1 aromatic heterocycles. The molecule has 3 rings (SSSR count). The normalized spacial score (nSPS) is 20.1. The molecule has 1 saturated heterocycles. The van der Waals surface area contributed by atoms with Gasteiger partial charge in [-0.15, -0.1) is 0 Å². The lowest BCUT2D eigenvalue weighted by Crippen LogP contribution is -2.34. The van der Waals surface area contributed by atoms with Gasteiger partial charge < -0.3 is 15.2 Å². The number of hydrogen-bond donors (Lipinski definition) is 2. The molecule has 3 nitrogen and oxygen atoms in total. The van der Waals surface area contributed by atoms with Gasteiger partial charge in [-0.25, -0.2) is 0 Å². The summed E-state index contributed by atoms with van der Waals surface area (Å²) in [6.45, 7) is 5.71. The average molecular weight is 285 g/mol. The molecule has 0 bridgehead atoms. The molecule has 2 aromatic rings. The van der Waals surface area contributed by atoms with E-state index in [1.54, 1.807) is 0 Å². The highest BCUT2D eigenvalue weighted by Crippen LogP contribution is 2.15. The summed E-state index contributed by atoms with van der Waals surface area (Å²) in [5.74, 6) is 0. The lowest BCUT2D eigenvalue weighted by molar-refractivity contribution is 0.432. The van der Waals surface area contributed by atoms with Crippen molar-refractivity contribution < 1.29 is 0 Å². The number of nitrogens with zero attached hydrogens (tertiary/aromatic N) is 1. The van der Waals surface area contributed by atoms with Gasteiger partial charge in [-0.2, -0.15) is 0 Å². The van der Waals surface area contributed by atoms with Crippen molar-refractivity contribution in [3.05, 3.63) is 36.5 Å². The van der Waals surface area contributed by atoms with Crippen molar-refractivity contribution in [1.82, 2.24) is 15.2 Å². The Morgan fingerprint density at radius 1 is 1.33 bits per heavy atom. The third-order valence-electron chi connectivity index (χ3n) is 4.55. The fraction of sp³-hybridized carbons (Fsp3) is 0.556. The second-order valence-corrected chi connectivity index (χ2v) is 6.31. The second-order valence-electron chi connectivity index (χ2n) is 6.31. The first-order valence-electron chi connectivity index (χ1n) is 8.33. The van der Waals surface area contributed by atoms with Crippen molar-refractivity contribution in [3.63, 3.8) is 0 Å². The van der Waals surface area contributed by atoms with Gasteiger partial charge in [0.2, 0.25) is 0 Å². The first-order valence-corrected chi connectivity index (χ1v) is 8.33. The molecule has 0 aliphatic carbocycles. The van der Waals surface area contributed by atoms with Crippen LogP contribution < -0.4 is 10.6 Å². The Labute approximate surface area is 127 Å². The molecule has 0 spiro atoms. The van der Waals surface area contributed by atoms with Crippen LogP contribution in [0.4, 0.5) is 0 Å². The first-order chi connectivity index (χ1) is 10.3. The van der Waals surface area contributed by atoms with Crippen LogP contribution in [-0.4, -0.2) is 29.7 Å². The SMILES string of the molecule is CC(CC1CCCN1)NCCCn1ccc2ccccc21. The Morgan fingerprint density at radius 3 is 3.10 bits per heavy atom. The average Bonchev–Trinajstić information content (AvgIpc) is 3.13. The highest BCUT2D eigenvalue weighted by atomic mass is 15.0. The molecule has 21 heavy (non-hydrogen) atoms. The van der Waals surface area contributed by atoms with Crippen LogP contribution in [0, 0.1) is 0 Å². The van der Waals surface area contributed by atoms with Crippen molar-refractivity contribution in [1.29, 1.82) is 0 Å². The van der Waals surface area contributed by atoms with Crippen molar-refractivity contribution in [2.45, 2.75) is 51.2 Å². The second kappa shape index (κ2) is 7.10. The number of benzene rings is 1. The van der Waals surface area contributed by atoms with E-state index in [4.69, 9.17) is 0 Å². The molecule has 0 saturated carbocycles. The molecule has 1 aliphatic rings. The van der Waals surface area contributed by atoms with E-state index in [1.807, 2.05) is 0 Å². The van der Waals surface area contributed by atoms with Gasteiger partial charge in [-0.05, 0) is 63.2 Å². The minimum absolute atomic E-state index is 0.613. The Balaban J connectivity index is 1.39. The molecule has 3 heteroatoms. The van der Waals surface area contributed by atoms with Gasteiger partial charge >= 0.3 is 0 Å². The molecule has 1 aromatic carbocycles. The molecule has 1 aliphatic heterocycles. The van der Waals surface area contributed by atoms with Crippen molar-refractivity contribution >= 4 is 10.9 Å². The monoisotopic (exact) mass is 285 g/mol. The van der Waals surface area contributed by atoms with Gasteiger partial charge in [0.1, 0.15) is 0 Å². The maximum absolute atomic E-state index is 3.67. The summed E-state index contributed by atoms with van der Waals surface area (Å²) in [7, 11) is 0. The van der Waals surface area contributed by atoms with E-state index in [-0.39, 0.29) is 0 Å². The predicted octanol–water partition coefficient (Wildman–Crippen LogP) is 3.15. The molecule has 114 valence electrons. The molecule has 2 atom stereocenters. The zero-order valence-electron chi connectivity index (χ0n) is 13.0. The molecule has 2 heterocycles. The van der Waals surface area contributed by atoms with Gasteiger partial charge in [0.25, 0.3) is 0 Å². The van der Waals surface area contributed by atoms with Crippen LogP contribution in [0.5, 0.6) is 0 Å². The number of aromatic nitrogens is 1. The first kappa shape index (κ1) is 14.6. The Kier molecular flexibility index (Phi) is 4.94. The fourth-order valence-electron chi connectivity index (χ4n) is 3.40. The van der Waals surface area contributed by atoms with E-state index in [0.29, 0.717) is 6.04 Å². The molecular formula is C18H27N3. The van der Waals surface area contributed by atoms with Crippen LogP contribution in [0.25, 0.3) is 10.9 Å². The van der Waals surface area contributed by atoms with Gasteiger partial charge in [0, 0.05) is 30.3 Å². The van der Waals surface area contributed by atoms with E-state index < -0.39 is 0 Å². The molecule has 2 N–H and O–H groups in total. The molecule has 1 fully saturated rings. The summed E-state index contributed by atoms with van der Waals surface area (Å²) in [5.41, 5.74) is 1.35. The van der Waals surface area contributed by atoms with Gasteiger partial charge in [0.05, 0.1) is 0 Å². The zero-order chi connectivity index (χ0) is 14.5. The number of fused-ring (bicyclic) bond motifs is 1. The highest BCUT2D eigenvalue weighted by molar-refractivity contribution is 5.79. The summed E-state index contributed by atoms with van der Waals surface area (Å²) in [6.07, 6.45) is 7.34. The van der Waals surface area contributed by atoms with E-state index in [2.05, 4.69) is 58.7 Å². The van der Waals surface area contributed by atoms with Gasteiger partial charge in [-0.1, -0.05) is 18.2 Å². The van der Waals surface area contributed by atoms with Gasteiger partial charge in [0.15, 0.2) is 0 Å². The van der Waals surface area contributed by atoms with Crippen molar-refractivity contribution in [2.24, 2.45) is 0 Å². The summed E-state index contributed by atoms with van der Waals surface area (Å²) in [4.78, 5) is 0. The molecule has 2 unspecified atom stereocenters. The quantitative estimate of drug-likeness (QED) is 0.765. The molecular weight excluding hydrogens is 258 g/mol. The van der Waals surface area contributed by atoms with E-state index >= 15 is 0 Å². The topological polar surface area (TPSA) is 29.0 Å². The fourth-order valence-corrected chi connectivity index (χ4v) is 3.40. The Bertz CT molecular complexity index is 554. The third kappa shape index (κ3) is 3.86. The smallest absolute Gasteiger partial charge is 0.0480 e. The van der Waals surface area contributed by atoms with Crippen LogP contribution in [0.2, 0.25) is 0 Å². The van der Waals surface area contributed by atoms with Gasteiger partial charge in [-0.3, -0.25) is 0 Å². The van der Waals surface area contributed by atoms with E-state index in [1.165, 1.54) is 43.1 Å². The number of nitrogens with one attached hydrogen (secondary N) is 2. The van der Waals surface area contributed by atoms with Crippen LogP contribution in [0.3, 0.4) is 0 Å². The molecule has 0 amide bonds. The summed E-state index contributed by atoms with van der Waals surface area (Å²) >= 11 is 0. The number of rotatable bonds is 7. The number of aryl methyl sites for hydroxylation is 1. The van der Waals surface area contributed by atoms with Crippen LogP contribution in [0.15, 0.2) is 36.5 Å². The zero-order valence-corrected chi connectivity index (χ0v) is 13.0. The third-order valence-corrected chi connectivity index (χ3v) is 4.55. The summed E-state index contributed by atoms with van der Waals surface area (Å²) < 4.78 is 2.36. The van der Waals surface area contributed by atoms with Crippen molar-refractivity contribution in [2.75, 3.05) is 13.1 Å². The standard InChI is InChI=1S/C18H27N3/c1-15(14-17-7-4-10-20-17)19-11-5-12-21-13-9-16-6-2-3-8-18(16)21/h2-3,6,8-9,13,15,17,19-20H,4-5,7,10-12,14H2,1H3. The summed E-state index contributed by atoms with van der Waals surface area (Å²) in [6, 6.07) is 12.2. The van der Waals surface area contributed by atoms with Crippen LogP contribution in [-0.2, 0) is 6.54 Å². The minimum atomic E-state index is 0.613. The van der Waals surface area contributed by atoms with Crippen LogP contribution in [0.1, 0.15) is 32.6 Å². The number of hydrogen-bond acceptors (Lipinski definition) is 2. The highest BCUT2D eigenvalue weighted by Gasteiger charge is 2.16.